The molecule has 0 unspecified atom stereocenters. The number of aromatic amines is 1. The van der Waals surface area contributed by atoms with E-state index in [2.05, 4.69) is 62.4 Å². The quantitative estimate of drug-likeness (QED) is 0.297. The van der Waals surface area contributed by atoms with Crippen LogP contribution in [-0.4, -0.2) is 47.8 Å². The molecule has 6 rings (SSSR count). The zero-order valence-electron chi connectivity index (χ0n) is 22.8. The molecule has 1 fully saturated rings. The molecule has 1 aliphatic heterocycles. The van der Waals surface area contributed by atoms with E-state index in [9.17, 15) is 4.79 Å². The summed E-state index contributed by atoms with van der Waals surface area (Å²) in [7, 11) is 0. The Morgan fingerprint density at radius 2 is 1.85 bits per heavy atom. The molecule has 0 bridgehead atoms. The van der Waals surface area contributed by atoms with Gasteiger partial charge in [-0.2, -0.15) is 0 Å². The van der Waals surface area contributed by atoms with Crippen LogP contribution < -0.4 is 5.56 Å². The molecule has 5 aromatic rings. The summed E-state index contributed by atoms with van der Waals surface area (Å²) < 4.78 is 7.73. The Balaban J connectivity index is 1.51. The van der Waals surface area contributed by atoms with Crippen LogP contribution >= 0.6 is 0 Å². The second-order valence-electron chi connectivity index (χ2n) is 10.6. The maximum Gasteiger partial charge on any atom is 0.253 e. The van der Waals surface area contributed by atoms with Crippen molar-refractivity contribution in [1.29, 1.82) is 0 Å². The van der Waals surface area contributed by atoms with E-state index in [0.29, 0.717) is 31.0 Å². The molecule has 3 aromatic heterocycles. The van der Waals surface area contributed by atoms with Crippen molar-refractivity contribution < 1.29 is 4.74 Å². The van der Waals surface area contributed by atoms with E-state index in [-0.39, 0.29) is 11.7 Å². The normalized spacial score (nSPS) is 16.1. The van der Waals surface area contributed by atoms with E-state index in [1.807, 2.05) is 53.3 Å². The lowest BCUT2D eigenvalue weighted by molar-refractivity contribution is 0.0903. The summed E-state index contributed by atoms with van der Waals surface area (Å²) in [6.07, 6.45) is 5.66. The van der Waals surface area contributed by atoms with Crippen molar-refractivity contribution in [3.05, 3.63) is 117 Å². The van der Waals surface area contributed by atoms with Crippen LogP contribution in [0.2, 0.25) is 0 Å². The van der Waals surface area contributed by atoms with Crippen molar-refractivity contribution >= 4 is 10.9 Å². The topological polar surface area (TPSA) is 102 Å². The number of hydrogen-bond donors (Lipinski definition) is 1. The van der Waals surface area contributed by atoms with Gasteiger partial charge in [0, 0.05) is 43.2 Å². The number of rotatable bonds is 9. The summed E-state index contributed by atoms with van der Waals surface area (Å²) in [5.74, 6) is 0.615. The second-order valence-corrected chi connectivity index (χ2v) is 10.6. The number of benzene rings is 2. The average molecular weight is 536 g/mol. The van der Waals surface area contributed by atoms with Crippen LogP contribution in [-0.2, 0) is 24.4 Å². The van der Waals surface area contributed by atoms with E-state index in [4.69, 9.17) is 4.74 Å². The molecule has 204 valence electrons. The number of pyridine rings is 2. The van der Waals surface area contributed by atoms with Gasteiger partial charge in [-0.15, -0.1) is 5.10 Å². The third kappa shape index (κ3) is 5.57. The van der Waals surface area contributed by atoms with Gasteiger partial charge in [0.25, 0.3) is 5.56 Å². The monoisotopic (exact) mass is 535 g/mol. The first-order valence-electron chi connectivity index (χ1n) is 13.7. The minimum atomic E-state index is -0.522. The van der Waals surface area contributed by atoms with E-state index in [1.54, 1.807) is 6.20 Å². The first-order valence-corrected chi connectivity index (χ1v) is 13.7. The molecule has 0 aliphatic carbocycles. The van der Waals surface area contributed by atoms with Gasteiger partial charge in [-0.3, -0.25) is 14.7 Å². The summed E-state index contributed by atoms with van der Waals surface area (Å²) in [5.41, 5.74) is 5.72. The number of H-pyrrole nitrogens is 1. The van der Waals surface area contributed by atoms with E-state index in [1.165, 1.54) is 5.56 Å². The van der Waals surface area contributed by atoms with Crippen molar-refractivity contribution in [2.24, 2.45) is 0 Å². The number of aromatic nitrogens is 6. The Morgan fingerprint density at radius 1 is 1.05 bits per heavy atom. The fourth-order valence-corrected chi connectivity index (χ4v) is 5.50. The van der Waals surface area contributed by atoms with Crippen molar-refractivity contribution in [2.75, 3.05) is 6.61 Å². The molecule has 2 aromatic carbocycles. The highest BCUT2D eigenvalue weighted by atomic mass is 16.5. The van der Waals surface area contributed by atoms with Crippen LogP contribution in [0.25, 0.3) is 10.9 Å². The Bertz CT molecular complexity index is 1600. The number of fused-ring (bicyclic) bond motifs is 1. The summed E-state index contributed by atoms with van der Waals surface area (Å²) >= 11 is 0. The molecule has 2 atom stereocenters. The number of tetrazole rings is 1. The van der Waals surface area contributed by atoms with Gasteiger partial charge in [-0.05, 0) is 89.0 Å². The van der Waals surface area contributed by atoms with Crippen molar-refractivity contribution in [3.8, 4) is 0 Å². The largest absolute Gasteiger partial charge is 0.376 e. The maximum absolute atomic E-state index is 13.8. The van der Waals surface area contributed by atoms with Crippen molar-refractivity contribution in [2.45, 2.75) is 58.5 Å². The zero-order valence-corrected chi connectivity index (χ0v) is 22.8. The highest BCUT2D eigenvalue weighted by Gasteiger charge is 2.32. The van der Waals surface area contributed by atoms with Crippen molar-refractivity contribution in [3.63, 3.8) is 0 Å². The zero-order chi connectivity index (χ0) is 27.5. The van der Waals surface area contributed by atoms with Crippen LogP contribution in [0.5, 0.6) is 0 Å². The predicted octanol–water partition coefficient (Wildman–Crippen LogP) is 4.50. The lowest BCUT2D eigenvalue weighted by atomic mass is 9.99. The van der Waals surface area contributed by atoms with Gasteiger partial charge in [0.05, 0.1) is 12.6 Å². The molecule has 1 saturated heterocycles. The standard InChI is InChI=1S/C31H33N7O2/c1-21-14-25-16-27(31(39)33-28(25)15-22(21)2)29(30-34-35-36-38(30)20-26-11-7-13-40-26)37(18-23-8-4-3-5-9-23)19-24-10-6-12-32-17-24/h3-6,8-10,12,14-17,26,29H,7,11,13,18-20H2,1-2H3,(H,33,39)/t26-,29+/m1/s1. The molecule has 40 heavy (non-hydrogen) atoms. The highest BCUT2D eigenvalue weighted by Crippen LogP contribution is 2.31. The van der Waals surface area contributed by atoms with Gasteiger partial charge >= 0.3 is 0 Å². The van der Waals surface area contributed by atoms with Crippen LogP contribution in [0.1, 0.15) is 52.5 Å². The third-order valence-corrected chi connectivity index (χ3v) is 7.69. The molecule has 1 N–H and O–H groups in total. The molecular weight excluding hydrogens is 502 g/mol. The molecule has 9 heteroatoms. The second kappa shape index (κ2) is 11.5. The van der Waals surface area contributed by atoms with Gasteiger partial charge in [-0.1, -0.05) is 36.4 Å². The molecule has 9 nitrogen and oxygen atoms in total. The highest BCUT2D eigenvalue weighted by molar-refractivity contribution is 5.81. The summed E-state index contributed by atoms with van der Waals surface area (Å²) in [5, 5.41) is 13.9. The minimum absolute atomic E-state index is 0.0457. The molecule has 1 aliphatic rings. The lowest BCUT2D eigenvalue weighted by Crippen LogP contribution is -2.35. The Hall–Kier alpha value is -4.21. The molecule has 0 spiro atoms. The summed E-state index contributed by atoms with van der Waals surface area (Å²) in [6, 6.07) is 19.9. The van der Waals surface area contributed by atoms with Crippen LogP contribution in [0.4, 0.5) is 0 Å². The summed E-state index contributed by atoms with van der Waals surface area (Å²) in [4.78, 5) is 23.6. The lowest BCUT2D eigenvalue weighted by Gasteiger charge is -2.31. The minimum Gasteiger partial charge on any atom is -0.376 e. The number of ether oxygens (including phenoxy) is 1. The van der Waals surface area contributed by atoms with Crippen molar-refractivity contribution in [1.82, 2.24) is 35.1 Å². The maximum atomic E-state index is 13.8. The smallest absolute Gasteiger partial charge is 0.253 e. The van der Waals surface area contributed by atoms with Gasteiger partial charge < -0.3 is 9.72 Å². The number of aryl methyl sites for hydroxylation is 2. The molecule has 0 saturated carbocycles. The number of nitrogens with zero attached hydrogens (tertiary/aromatic N) is 6. The Kier molecular flexibility index (Phi) is 7.48. The van der Waals surface area contributed by atoms with Gasteiger partial charge in [0.1, 0.15) is 6.04 Å². The fourth-order valence-electron chi connectivity index (χ4n) is 5.50. The molecule has 4 heterocycles. The first-order chi connectivity index (χ1) is 19.5. The SMILES string of the molecule is Cc1cc2cc([C@@H](c3nnnn3C[C@H]3CCCO3)N(Cc3ccccc3)Cc3cccnc3)c(=O)[nH]c2cc1C. The first kappa shape index (κ1) is 26.0. The van der Waals surface area contributed by atoms with E-state index < -0.39 is 6.04 Å². The van der Waals surface area contributed by atoms with E-state index >= 15 is 0 Å². The van der Waals surface area contributed by atoms with Crippen LogP contribution in [0, 0.1) is 13.8 Å². The van der Waals surface area contributed by atoms with Gasteiger partial charge in [0.2, 0.25) is 0 Å². The third-order valence-electron chi connectivity index (χ3n) is 7.69. The fraction of sp³-hybridized carbons (Fsp3) is 0.323. The van der Waals surface area contributed by atoms with Crippen LogP contribution in [0.15, 0.2) is 77.9 Å². The average Bonchev–Trinajstić information content (AvgIpc) is 3.64. The van der Waals surface area contributed by atoms with E-state index in [0.717, 1.165) is 47.0 Å². The Labute approximate surface area is 232 Å². The molecule has 0 amide bonds. The van der Waals surface area contributed by atoms with Gasteiger partial charge in [0.15, 0.2) is 5.82 Å². The van der Waals surface area contributed by atoms with Gasteiger partial charge in [-0.25, -0.2) is 4.68 Å². The predicted molar refractivity (Wildman–Crippen MR) is 153 cm³/mol. The van der Waals surface area contributed by atoms with Crippen LogP contribution in [0.3, 0.4) is 0 Å². The number of hydrogen-bond acceptors (Lipinski definition) is 7. The molecule has 0 radical (unpaired) electrons. The molecular formula is C31H33N7O2. The number of nitrogens with one attached hydrogen (secondary N) is 1. The Morgan fingerprint density at radius 3 is 2.62 bits per heavy atom. The summed E-state index contributed by atoms with van der Waals surface area (Å²) in [6.45, 7) is 6.55.